The second-order valence-corrected chi connectivity index (χ2v) is 4.11. The Hall–Kier alpha value is -0.940. The molecule has 86 valence electrons. The van der Waals surface area contributed by atoms with Crippen LogP contribution < -0.4 is 5.73 Å². The van der Waals surface area contributed by atoms with Gasteiger partial charge < -0.3 is 15.0 Å². The van der Waals surface area contributed by atoms with Gasteiger partial charge >= 0.3 is 0 Å². The van der Waals surface area contributed by atoms with E-state index in [4.69, 9.17) is 10.5 Å². The Morgan fingerprint density at radius 1 is 1.53 bits per heavy atom. The first-order valence-electron chi connectivity index (χ1n) is 5.27. The summed E-state index contributed by atoms with van der Waals surface area (Å²) < 4.78 is 6.97. The summed E-state index contributed by atoms with van der Waals surface area (Å²) in [6.45, 7) is 5.70. The highest BCUT2D eigenvalue weighted by Gasteiger charge is 2.14. The van der Waals surface area contributed by atoms with E-state index in [1.165, 1.54) is 0 Å². The standard InChI is InChI=1S/C10H20N4O/c1-8(2)6-9(11)10-13-12-7-14(10)4-5-15-3/h7-9H,4-6,11H2,1-3H3. The van der Waals surface area contributed by atoms with Gasteiger partial charge in [-0.15, -0.1) is 10.2 Å². The second kappa shape index (κ2) is 5.82. The summed E-state index contributed by atoms with van der Waals surface area (Å²) in [6.07, 6.45) is 2.63. The van der Waals surface area contributed by atoms with E-state index >= 15 is 0 Å². The van der Waals surface area contributed by atoms with Crippen LogP contribution in [0.1, 0.15) is 32.1 Å². The Balaban J connectivity index is 2.62. The Morgan fingerprint density at radius 3 is 2.87 bits per heavy atom. The van der Waals surface area contributed by atoms with Crippen molar-refractivity contribution >= 4 is 0 Å². The molecule has 0 spiro atoms. The number of rotatable bonds is 6. The third-order valence-electron chi connectivity index (χ3n) is 2.24. The molecular formula is C10H20N4O. The SMILES string of the molecule is COCCn1cnnc1C(N)CC(C)C. The molecule has 1 unspecified atom stereocenters. The molecule has 1 aromatic rings. The quantitative estimate of drug-likeness (QED) is 0.763. The molecule has 1 atom stereocenters. The first kappa shape index (κ1) is 12.1. The average Bonchev–Trinajstić information content (AvgIpc) is 2.61. The number of aromatic nitrogens is 3. The van der Waals surface area contributed by atoms with Crippen LogP contribution in [0, 0.1) is 5.92 Å². The molecule has 0 aliphatic heterocycles. The molecule has 0 aliphatic rings. The van der Waals surface area contributed by atoms with E-state index in [1.54, 1.807) is 13.4 Å². The molecule has 5 heteroatoms. The molecule has 0 saturated carbocycles. The highest BCUT2D eigenvalue weighted by Crippen LogP contribution is 2.16. The summed E-state index contributed by atoms with van der Waals surface area (Å²) in [4.78, 5) is 0. The van der Waals surface area contributed by atoms with E-state index in [0.29, 0.717) is 12.5 Å². The summed E-state index contributed by atoms with van der Waals surface area (Å²) in [5.41, 5.74) is 6.05. The summed E-state index contributed by atoms with van der Waals surface area (Å²) in [7, 11) is 1.68. The summed E-state index contributed by atoms with van der Waals surface area (Å²) in [6, 6.07) is -0.0376. The average molecular weight is 212 g/mol. The Kier molecular flexibility index (Phi) is 4.71. The van der Waals surface area contributed by atoms with Gasteiger partial charge in [0, 0.05) is 13.7 Å². The lowest BCUT2D eigenvalue weighted by molar-refractivity contribution is 0.185. The fourth-order valence-electron chi connectivity index (χ4n) is 1.53. The number of hydrogen-bond acceptors (Lipinski definition) is 4. The van der Waals surface area contributed by atoms with Crippen LogP contribution in [0.2, 0.25) is 0 Å². The van der Waals surface area contributed by atoms with Crippen LogP contribution in [0.15, 0.2) is 6.33 Å². The summed E-state index contributed by atoms with van der Waals surface area (Å²) in [5, 5.41) is 7.94. The van der Waals surface area contributed by atoms with Crippen molar-refractivity contribution in [2.75, 3.05) is 13.7 Å². The molecule has 1 rings (SSSR count). The molecule has 1 aromatic heterocycles. The fraction of sp³-hybridized carbons (Fsp3) is 0.800. The van der Waals surface area contributed by atoms with E-state index in [1.807, 2.05) is 4.57 Å². The molecule has 0 saturated heterocycles. The molecular weight excluding hydrogens is 192 g/mol. The van der Waals surface area contributed by atoms with Crippen LogP contribution in [0.3, 0.4) is 0 Å². The minimum absolute atomic E-state index is 0.0376. The maximum Gasteiger partial charge on any atom is 0.149 e. The van der Waals surface area contributed by atoms with E-state index in [2.05, 4.69) is 24.0 Å². The molecule has 0 aromatic carbocycles. The minimum Gasteiger partial charge on any atom is -0.383 e. The maximum atomic E-state index is 6.05. The predicted molar refractivity (Wildman–Crippen MR) is 58.3 cm³/mol. The van der Waals surface area contributed by atoms with Gasteiger partial charge in [-0.05, 0) is 12.3 Å². The van der Waals surface area contributed by atoms with Gasteiger partial charge in [0.1, 0.15) is 12.2 Å². The number of nitrogens with zero attached hydrogens (tertiary/aromatic N) is 3. The number of methoxy groups -OCH3 is 1. The van der Waals surface area contributed by atoms with Gasteiger partial charge in [-0.3, -0.25) is 0 Å². The topological polar surface area (TPSA) is 66.0 Å². The zero-order valence-corrected chi connectivity index (χ0v) is 9.68. The van der Waals surface area contributed by atoms with Crippen LogP contribution >= 0.6 is 0 Å². The number of hydrogen-bond donors (Lipinski definition) is 1. The van der Waals surface area contributed by atoms with Crippen LogP contribution in [0.25, 0.3) is 0 Å². The maximum absolute atomic E-state index is 6.05. The van der Waals surface area contributed by atoms with Crippen LogP contribution in [0.4, 0.5) is 0 Å². The molecule has 1 heterocycles. The van der Waals surface area contributed by atoms with Gasteiger partial charge in [0.15, 0.2) is 0 Å². The van der Waals surface area contributed by atoms with Crippen LogP contribution in [-0.2, 0) is 11.3 Å². The van der Waals surface area contributed by atoms with Crippen molar-refractivity contribution in [3.8, 4) is 0 Å². The van der Waals surface area contributed by atoms with Crippen molar-refractivity contribution < 1.29 is 4.74 Å². The van der Waals surface area contributed by atoms with Crippen molar-refractivity contribution in [1.82, 2.24) is 14.8 Å². The first-order valence-corrected chi connectivity index (χ1v) is 5.27. The monoisotopic (exact) mass is 212 g/mol. The second-order valence-electron chi connectivity index (χ2n) is 4.11. The molecule has 5 nitrogen and oxygen atoms in total. The Bertz CT molecular complexity index is 285. The number of ether oxygens (including phenoxy) is 1. The van der Waals surface area contributed by atoms with Gasteiger partial charge in [-0.25, -0.2) is 0 Å². The molecule has 0 aliphatic carbocycles. The van der Waals surface area contributed by atoms with Crippen molar-refractivity contribution in [2.45, 2.75) is 32.9 Å². The highest BCUT2D eigenvalue weighted by atomic mass is 16.5. The van der Waals surface area contributed by atoms with Crippen LogP contribution in [-0.4, -0.2) is 28.5 Å². The van der Waals surface area contributed by atoms with Crippen molar-refractivity contribution in [3.63, 3.8) is 0 Å². The fourth-order valence-corrected chi connectivity index (χ4v) is 1.53. The third kappa shape index (κ3) is 3.60. The minimum atomic E-state index is -0.0376. The molecule has 0 amide bonds. The lowest BCUT2D eigenvalue weighted by atomic mass is 10.0. The third-order valence-corrected chi connectivity index (χ3v) is 2.24. The smallest absolute Gasteiger partial charge is 0.149 e. The normalized spacial score (nSPS) is 13.4. The van der Waals surface area contributed by atoms with Gasteiger partial charge in [0.05, 0.1) is 12.6 Å². The largest absolute Gasteiger partial charge is 0.383 e. The van der Waals surface area contributed by atoms with Crippen LogP contribution in [0.5, 0.6) is 0 Å². The Labute approximate surface area is 90.6 Å². The van der Waals surface area contributed by atoms with Crippen molar-refractivity contribution in [3.05, 3.63) is 12.2 Å². The van der Waals surface area contributed by atoms with Gasteiger partial charge in [0.2, 0.25) is 0 Å². The van der Waals surface area contributed by atoms with Crippen molar-refractivity contribution in [1.29, 1.82) is 0 Å². The van der Waals surface area contributed by atoms with E-state index in [9.17, 15) is 0 Å². The molecule has 2 N–H and O–H groups in total. The summed E-state index contributed by atoms with van der Waals surface area (Å²) >= 11 is 0. The lowest BCUT2D eigenvalue weighted by Crippen LogP contribution is -2.19. The van der Waals surface area contributed by atoms with Crippen molar-refractivity contribution in [2.24, 2.45) is 11.7 Å². The molecule has 15 heavy (non-hydrogen) atoms. The Morgan fingerprint density at radius 2 is 2.27 bits per heavy atom. The highest BCUT2D eigenvalue weighted by molar-refractivity contribution is 4.93. The molecule has 0 radical (unpaired) electrons. The van der Waals surface area contributed by atoms with E-state index in [-0.39, 0.29) is 6.04 Å². The van der Waals surface area contributed by atoms with Gasteiger partial charge in [-0.2, -0.15) is 0 Å². The summed E-state index contributed by atoms with van der Waals surface area (Å²) in [5.74, 6) is 1.41. The van der Waals surface area contributed by atoms with Gasteiger partial charge in [-0.1, -0.05) is 13.8 Å². The molecule has 0 fully saturated rings. The zero-order chi connectivity index (χ0) is 11.3. The predicted octanol–water partition coefficient (Wildman–Crippen LogP) is 0.970. The number of nitrogens with two attached hydrogens (primary N) is 1. The van der Waals surface area contributed by atoms with E-state index < -0.39 is 0 Å². The van der Waals surface area contributed by atoms with E-state index in [0.717, 1.165) is 18.8 Å². The zero-order valence-electron chi connectivity index (χ0n) is 9.68. The lowest BCUT2D eigenvalue weighted by Gasteiger charge is -2.14. The molecule has 0 bridgehead atoms. The van der Waals surface area contributed by atoms with Gasteiger partial charge in [0.25, 0.3) is 0 Å². The first-order chi connectivity index (χ1) is 7.15.